The highest BCUT2D eigenvalue weighted by Crippen LogP contribution is 2.32. The van der Waals surface area contributed by atoms with Crippen molar-refractivity contribution in [3.05, 3.63) is 72.8 Å². The van der Waals surface area contributed by atoms with Crippen LogP contribution in [-0.4, -0.2) is 58.1 Å². The summed E-state index contributed by atoms with van der Waals surface area (Å²) in [4.78, 5) is 25.4. The van der Waals surface area contributed by atoms with E-state index in [1.54, 1.807) is 24.8 Å². The standard InChI is InChI=1S/C26H22FN9S/c1-37(2,3)31-9-15-6-16(8-18(27)7-15)19-12-28-13-22-23(19)34-26(33-22)25-24-21(35-36-25)5-4-20(32-24)17-10-29-14-30-11-17/h4-8,10-14,31H,1-2,9H2,3H3,(H,33,34)(H,35,36). The average molecular weight is 512 g/mol. The number of nitrogens with one attached hydrogen (secondary N) is 3. The molecular weight excluding hydrogens is 489 g/mol. The van der Waals surface area contributed by atoms with Crippen molar-refractivity contribution in [2.45, 2.75) is 6.54 Å². The highest BCUT2D eigenvalue weighted by molar-refractivity contribution is 8.25. The van der Waals surface area contributed by atoms with E-state index in [4.69, 9.17) is 9.97 Å². The van der Waals surface area contributed by atoms with E-state index in [1.165, 1.54) is 18.5 Å². The van der Waals surface area contributed by atoms with E-state index in [1.807, 2.05) is 24.5 Å². The van der Waals surface area contributed by atoms with E-state index in [2.05, 4.69) is 46.6 Å². The molecule has 3 N–H and O–H groups in total. The molecule has 11 heteroatoms. The van der Waals surface area contributed by atoms with E-state index in [0.29, 0.717) is 45.7 Å². The molecule has 0 amide bonds. The van der Waals surface area contributed by atoms with Crippen LogP contribution in [0.5, 0.6) is 0 Å². The number of pyridine rings is 2. The SMILES string of the molecule is C=S(=C)(C)NCc1cc(F)cc(-c2cncc3[nH]c(-c4n[nH]c5ccc(-c6cncnc6)nc45)nc23)c1. The maximum Gasteiger partial charge on any atom is 0.161 e. The number of fused-ring (bicyclic) bond motifs is 2. The van der Waals surface area contributed by atoms with Crippen LogP contribution >= 0.6 is 9.39 Å². The Kier molecular flexibility index (Phi) is 5.50. The second kappa shape index (κ2) is 8.87. The van der Waals surface area contributed by atoms with Crippen LogP contribution in [0, 0.1) is 5.82 Å². The minimum atomic E-state index is -1.43. The van der Waals surface area contributed by atoms with Crippen LogP contribution in [0.1, 0.15) is 5.56 Å². The van der Waals surface area contributed by atoms with E-state index in [-0.39, 0.29) is 5.82 Å². The Labute approximate surface area is 211 Å². The van der Waals surface area contributed by atoms with E-state index in [9.17, 15) is 4.39 Å². The molecule has 1 aromatic carbocycles. The van der Waals surface area contributed by atoms with Crippen molar-refractivity contribution in [3.8, 4) is 33.9 Å². The molecule has 184 valence electrons. The largest absolute Gasteiger partial charge is 0.335 e. The summed E-state index contributed by atoms with van der Waals surface area (Å²) in [5, 5.41) is 7.48. The van der Waals surface area contributed by atoms with E-state index in [0.717, 1.165) is 22.3 Å². The van der Waals surface area contributed by atoms with Crippen molar-refractivity contribution in [2.24, 2.45) is 0 Å². The Morgan fingerprint density at radius 2 is 1.76 bits per heavy atom. The molecule has 0 saturated carbocycles. The lowest BCUT2D eigenvalue weighted by molar-refractivity contribution is 0.625. The molecule has 0 fully saturated rings. The molecule has 0 saturated heterocycles. The first-order valence-corrected chi connectivity index (χ1v) is 13.7. The first-order chi connectivity index (χ1) is 17.8. The Morgan fingerprint density at radius 3 is 2.57 bits per heavy atom. The molecule has 6 rings (SSSR count). The number of halogens is 1. The maximum atomic E-state index is 14.6. The number of aromatic nitrogens is 8. The number of nitrogens with zero attached hydrogens (tertiary/aromatic N) is 6. The van der Waals surface area contributed by atoms with Gasteiger partial charge in [0.2, 0.25) is 0 Å². The Bertz CT molecular complexity index is 1880. The fourth-order valence-electron chi connectivity index (χ4n) is 4.08. The highest BCUT2D eigenvalue weighted by Gasteiger charge is 2.18. The van der Waals surface area contributed by atoms with Crippen molar-refractivity contribution in [1.82, 2.24) is 44.8 Å². The van der Waals surface area contributed by atoms with Gasteiger partial charge in [0, 0.05) is 36.3 Å². The summed E-state index contributed by atoms with van der Waals surface area (Å²) in [6.45, 7) is 0.457. The molecule has 0 aliphatic heterocycles. The predicted molar refractivity (Wildman–Crippen MR) is 148 cm³/mol. The van der Waals surface area contributed by atoms with Crippen LogP contribution < -0.4 is 4.72 Å². The van der Waals surface area contributed by atoms with Gasteiger partial charge in [0.05, 0.1) is 28.4 Å². The molecule has 0 atom stereocenters. The van der Waals surface area contributed by atoms with Gasteiger partial charge in [0.15, 0.2) is 11.5 Å². The van der Waals surface area contributed by atoms with E-state index < -0.39 is 9.39 Å². The molecular formula is C26H22FN9S. The summed E-state index contributed by atoms with van der Waals surface area (Å²) in [6, 6.07) is 8.69. The fourth-order valence-corrected chi connectivity index (χ4v) is 4.59. The Morgan fingerprint density at radius 1 is 0.919 bits per heavy atom. The third-order valence-corrected chi connectivity index (χ3v) is 6.62. The molecule has 0 unspecified atom stereocenters. The molecule has 37 heavy (non-hydrogen) atoms. The van der Waals surface area contributed by atoms with Gasteiger partial charge in [-0.25, -0.2) is 24.3 Å². The monoisotopic (exact) mass is 511 g/mol. The molecule has 5 aromatic heterocycles. The smallest absolute Gasteiger partial charge is 0.161 e. The van der Waals surface area contributed by atoms with Crippen molar-refractivity contribution < 1.29 is 4.39 Å². The molecule has 0 bridgehead atoms. The maximum absolute atomic E-state index is 14.6. The topological polar surface area (TPSA) is 121 Å². The van der Waals surface area contributed by atoms with Gasteiger partial charge in [-0.15, -0.1) is 0 Å². The first-order valence-electron chi connectivity index (χ1n) is 11.3. The van der Waals surface area contributed by atoms with Crippen LogP contribution in [0.2, 0.25) is 0 Å². The van der Waals surface area contributed by atoms with Crippen molar-refractivity contribution in [3.63, 3.8) is 0 Å². The van der Waals surface area contributed by atoms with Crippen LogP contribution in [0.3, 0.4) is 0 Å². The lowest BCUT2D eigenvalue weighted by Gasteiger charge is -2.12. The van der Waals surface area contributed by atoms with Crippen LogP contribution in [0.4, 0.5) is 4.39 Å². The number of hydrogen-bond acceptors (Lipinski definition) is 7. The highest BCUT2D eigenvalue weighted by atomic mass is 32.2. The van der Waals surface area contributed by atoms with Crippen LogP contribution in [0.15, 0.2) is 61.4 Å². The van der Waals surface area contributed by atoms with Crippen molar-refractivity contribution >= 4 is 43.2 Å². The number of hydrogen-bond donors (Lipinski definition) is 3. The van der Waals surface area contributed by atoms with E-state index >= 15 is 0 Å². The fraction of sp³-hybridized carbons (Fsp3) is 0.0769. The normalized spacial score (nSPS) is 11.9. The molecule has 0 radical (unpaired) electrons. The summed E-state index contributed by atoms with van der Waals surface area (Å²) in [6.07, 6.45) is 10.2. The zero-order valence-electron chi connectivity index (χ0n) is 19.9. The van der Waals surface area contributed by atoms with Gasteiger partial charge >= 0.3 is 0 Å². The lowest BCUT2D eigenvalue weighted by atomic mass is 10.0. The summed E-state index contributed by atoms with van der Waals surface area (Å²) >= 11 is 0. The molecule has 0 aliphatic carbocycles. The summed E-state index contributed by atoms with van der Waals surface area (Å²) in [5.41, 5.74) is 7.02. The summed E-state index contributed by atoms with van der Waals surface area (Å²) in [7, 11) is -1.43. The minimum absolute atomic E-state index is 0.341. The van der Waals surface area contributed by atoms with Crippen molar-refractivity contribution in [2.75, 3.05) is 6.26 Å². The number of benzene rings is 1. The van der Waals surface area contributed by atoms with Gasteiger partial charge in [0.25, 0.3) is 0 Å². The Hall–Kier alpha value is -4.48. The minimum Gasteiger partial charge on any atom is -0.335 e. The second-order valence-electron chi connectivity index (χ2n) is 8.90. The quantitative estimate of drug-likeness (QED) is 0.282. The van der Waals surface area contributed by atoms with Gasteiger partial charge in [-0.3, -0.25) is 14.8 Å². The van der Waals surface area contributed by atoms with Crippen LogP contribution in [0.25, 0.3) is 56.0 Å². The number of rotatable bonds is 6. The third-order valence-electron chi connectivity index (χ3n) is 5.78. The zero-order chi connectivity index (χ0) is 25.6. The van der Waals surface area contributed by atoms with Crippen molar-refractivity contribution in [1.29, 1.82) is 0 Å². The Balaban J connectivity index is 1.44. The lowest BCUT2D eigenvalue weighted by Crippen LogP contribution is -2.08. The van der Waals surface area contributed by atoms with Crippen LogP contribution in [-0.2, 0) is 6.54 Å². The van der Waals surface area contributed by atoms with Gasteiger partial charge in [-0.05, 0) is 47.7 Å². The molecule has 5 heterocycles. The number of aromatic amines is 2. The third kappa shape index (κ3) is 4.57. The molecule has 0 aliphatic rings. The van der Waals surface area contributed by atoms with Gasteiger partial charge in [0.1, 0.15) is 17.7 Å². The molecule has 0 spiro atoms. The van der Waals surface area contributed by atoms with Gasteiger partial charge < -0.3 is 4.98 Å². The molecule has 9 nitrogen and oxygen atoms in total. The predicted octanol–water partition coefficient (Wildman–Crippen LogP) is 4.46. The summed E-state index contributed by atoms with van der Waals surface area (Å²) in [5.74, 6) is 8.23. The first kappa shape index (κ1) is 23.0. The molecule has 6 aromatic rings. The number of H-pyrrole nitrogens is 2. The summed E-state index contributed by atoms with van der Waals surface area (Å²) < 4.78 is 17.8. The zero-order valence-corrected chi connectivity index (χ0v) is 20.7. The van der Waals surface area contributed by atoms with Gasteiger partial charge in [-0.1, -0.05) is 11.7 Å². The number of imidazole rings is 1. The second-order valence-corrected chi connectivity index (χ2v) is 11.7. The average Bonchev–Trinajstić information content (AvgIpc) is 3.51. The van der Waals surface area contributed by atoms with Gasteiger partial charge in [-0.2, -0.15) is 14.5 Å².